The molecule has 0 aromatic carbocycles. The fourth-order valence-electron chi connectivity index (χ4n) is 1.93. The monoisotopic (exact) mass is 348 g/mol. The van der Waals surface area contributed by atoms with Gasteiger partial charge in [0.05, 0.1) is 6.54 Å². The van der Waals surface area contributed by atoms with E-state index in [1.807, 2.05) is 20.8 Å². The van der Waals surface area contributed by atoms with E-state index in [4.69, 9.17) is 0 Å². The molecule has 1 amide bonds. The van der Waals surface area contributed by atoms with Crippen LogP contribution >= 0.6 is 0 Å². The average Bonchev–Trinajstić information content (AvgIpc) is 2.78. The molecule has 0 aliphatic carbocycles. The second-order valence-corrected chi connectivity index (χ2v) is 6.25. The summed E-state index contributed by atoms with van der Waals surface area (Å²) < 4.78 is 39.7. The van der Waals surface area contributed by atoms with Gasteiger partial charge in [-0.25, -0.2) is 0 Å². The molecule has 0 unspecified atom stereocenters. The fraction of sp³-hybridized carbons (Fsp3) is 0.643. The van der Waals surface area contributed by atoms with E-state index < -0.39 is 11.9 Å². The Morgan fingerprint density at radius 3 is 2.42 bits per heavy atom. The highest BCUT2D eigenvalue weighted by Gasteiger charge is 2.36. The van der Waals surface area contributed by atoms with Crippen LogP contribution in [0, 0.1) is 0 Å². The van der Waals surface area contributed by atoms with Gasteiger partial charge in [-0.1, -0.05) is 0 Å². The highest BCUT2D eigenvalue weighted by Crippen LogP contribution is 2.30. The Morgan fingerprint density at radius 2 is 1.92 bits per heavy atom. The number of aliphatic imine (C=N–C) groups is 1. The lowest BCUT2D eigenvalue weighted by atomic mass is 10.1. The Morgan fingerprint density at radius 1 is 1.29 bits per heavy atom. The highest BCUT2D eigenvalue weighted by atomic mass is 19.4. The quantitative estimate of drug-likeness (QED) is 0.560. The van der Waals surface area contributed by atoms with Gasteiger partial charge in [0, 0.05) is 37.9 Å². The number of hydrogen-bond donors (Lipinski definition) is 3. The van der Waals surface area contributed by atoms with E-state index in [1.165, 1.54) is 20.3 Å². The van der Waals surface area contributed by atoms with Gasteiger partial charge in [-0.3, -0.25) is 14.5 Å². The first-order valence-corrected chi connectivity index (χ1v) is 7.27. The van der Waals surface area contributed by atoms with Crippen molar-refractivity contribution in [3.05, 3.63) is 17.5 Å². The molecule has 3 N–H and O–H groups in total. The van der Waals surface area contributed by atoms with Crippen LogP contribution in [0.4, 0.5) is 13.2 Å². The number of aromatic nitrogens is 2. The number of aryl methyl sites for hydroxylation is 1. The van der Waals surface area contributed by atoms with Gasteiger partial charge < -0.3 is 16.0 Å². The summed E-state index contributed by atoms with van der Waals surface area (Å²) in [5.74, 6) is -0.0288. The molecule has 0 saturated carbocycles. The van der Waals surface area contributed by atoms with Crippen molar-refractivity contribution in [2.45, 2.75) is 39.0 Å². The SMILES string of the molecule is CN=C(NCC(=O)NC(C)(C)C)NCc1cn(C)nc1C(F)(F)F. The Kier molecular flexibility index (Phi) is 6.22. The molecule has 0 fully saturated rings. The van der Waals surface area contributed by atoms with Gasteiger partial charge >= 0.3 is 6.18 Å². The normalized spacial score (nSPS) is 12.9. The minimum Gasteiger partial charge on any atom is -0.352 e. The van der Waals surface area contributed by atoms with Gasteiger partial charge in [0.25, 0.3) is 0 Å². The van der Waals surface area contributed by atoms with Crippen LogP contribution in [-0.4, -0.2) is 40.8 Å². The van der Waals surface area contributed by atoms with Crippen molar-refractivity contribution in [3.8, 4) is 0 Å². The smallest absolute Gasteiger partial charge is 0.352 e. The Balaban J connectivity index is 2.61. The van der Waals surface area contributed by atoms with Gasteiger partial charge in [0.2, 0.25) is 5.91 Å². The predicted molar refractivity (Wildman–Crippen MR) is 84.3 cm³/mol. The van der Waals surface area contributed by atoms with E-state index in [2.05, 4.69) is 26.0 Å². The molecule has 7 nitrogen and oxygen atoms in total. The van der Waals surface area contributed by atoms with Crippen LogP contribution in [0.5, 0.6) is 0 Å². The number of carbonyl (C=O) groups excluding carboxylic acids is 1. The molecule has 1 aromatic rings. The van der Waals surface area contributed by atoms with Crippen molar-refractivity contribution < 1.29 is 18.0 Å². The van der Waals surface area contributed by atoms with Gasteiger partial charge in [-0.2, -0.15) is 18.3 Å². The van der Waals surface area contributed by atoms with Crippen LogP contribution in [0.25, 0.3) is 0 Å². The second kappa shape index (κ2) is 7.54. The number of amides is 1. The number of carbonyl (C=O) groups is 1. The third kappa shape index (κ3) is 6.47. The topological polar surface area (TPSA) is 83.3 Å². The minimum absolute atomic E-state index is 0.00732. The Labute approximate surface area is 138 Å². The lowest BCUT2D eigenvalue weighted by Gasteiger charge is -2.21. The molecule has 1 aromatic heterocycles. The number of alkyl halides is 3. The van der Waals surface area contributed by atoms with E-state index in [-0.39, 0.29) is 36.1 Å². The van der Waals surface area contributed by atoms with Gasteiger partial charge in [-0.15, -0.1) is 0 Å². The zero-order valence-corrected chi connectivity index (χ0v) is 14.4. The maximum absolute atomic E-state index is 12.9. The van der Waals surface area contributed by atoms with E-state index in [0.717, 1.165) is 4.68 Å². The number of hydrogen-bond acceptors (Lipinski definition) is 3. The molecule has 10 heteroatoms. The van der Waals surface area contributed by atoms with E-state index in [9.17, 15) is 18.0 Å². The van der Waals surface area contributed by atoms with Crippen LogP contribution in [-0.2, 0) is 24.6 Å². The Hall–Kier alpha value is -2.26. The van der Waals surface area contributed by atoms with Gasteiger partial charge in [-0.05, 0) is 20.8 Å². The van der Waals surface area contributed by atoms with Crippen LogP contribution < -0.4 is 16.0 Å². The summed E-state index contributed by atoms with van der Waals surface area (Å²) in [5, 5.41) is 11.7. The first kappa shape index (κ1) is 19.8. The summed E-state index contributed by atoms with van der Waals surface area (Å²) in [4.78, 5) is 15.6. The van der Waals surface area contributed by atoms with Crippen LogP contribution in [0.3, 0.4) is 0 Å². The first-order chi connectivity index (χ1) is 10.9. The maximum Gasteiger partial charge on any atom is 0.435 e. The molecule has 0 saturated heterocycles. The molecule has 24 heavy (non-hydrogen) atoms. The standard InChI is InChI=1S/C14H23F3N6O/c1-13(2,3)21-10(24)7-20-12(18-4)19-6-9-8-23(5)22-11(9)14(15,16)17/h8H,6-7H2,1-5H3,(H,21,24)(H2,18,19,20). The molecule has 136 valence electrons. The molecule has 0 radical (unpaired) electrons. The van der Waals surface area contributed by atoms with Crippen molar-refractivity contribution in [1.82, 2.24) is 25.7 Å². The van der Waals surface area contributed by atoms with Crippen molar-refractivity contribution in [3.63, 3.8) is 0 Å². The number of nitrogens with zero attached hydrogens (tertiary/aromatic N) is 3. The predicted octanol–water partition coefficient (Wildman–Crippen LogP) is 1.02. The molecule has 0 spiro atoms. The molecule has 0 atom stereocenters. The number of guanidine groups is 1. The minimum atomic E-state index is -4.53. The lowest BCUT2D eigenvalue weighted by Crippen LogP contribution is -2.48. The van der Waals surface area contributed by atoms with Crippen LogP contribution in [0.15, 0.2) is 11.2 Å². The lowest BCUT2D eigenvalue weighted by molar-refractivity contribution is -0.142. The van der Waals surface area contributed by atoms with Crippen LogP contribution in [0.2, 0.25) is 0 Å². The third-order valence-corrected chi connectivity index (χ3v) is 2.77. The highest BCUT2D eigenvalue weighted by molar-refractivity contribution is 5.86. The first-order valence-electron chi connectivity index (χ1n) is 7.27. The summed E-state index contributed by atoms with van der Waals surface area (Å²) in [5.41, 5.74) is -1.32. The molecule has 1 heterocycles. The molecule has 1 rings (SSSR count). The maximum atomic E-state index is 12.9. The van der Waals surface area contributed by atoms with Crippen molar-refractivity contribution in [1.29, 1.82) is 0 Å². The van der Waals surface area contributed by atoms with E-state index in [1.54, 1.807) is 0 Å². The summed E-state index contributed by atoms with van der Waals surface area (Å²) in [6.45, 7) is 5.37. The second-order valence-electron chi connectivity index (χ2n) is 6.25. The molecular formula is C14H23F3N6O. The van der Waals surface area contributed by atoms with Crippen molar-refractivity contribution in [2.24, 2.45) is 12.0 Å². The summed E-state index contributed by atoms with van der Waals surface area (Å²) in [6.07, 6.45) is -3.24. The number of rotatable bonds is 4. The zero-order chi connectivity index (χ0) is 18.5. The fourth-order valence-corrected chi connectivity index (χ4v) is 1.93. The molecular weight excluding hydrogens is 325 g/mol. The summed E-state index contributed by atoms with van der Waals surface area (Å²) in [7, 11) is 2.88. The van der Waals surface area contributed by atoms with E-state index >= 15 is 0 Å². The largest absolute Gasteiger partial charge is 0.435 e. The van der Waals surface area contributed by atoms with Gasteiger partial charge in [0.15, 0.2) is 11.7 Å². The van der Waals surface area contributed by atoms with Crippen molar-refractivity contribution >= 4 is 11.9 Å². The third-order valence-electron chi connectivity index (χ3n) is 2.77. The zero-order valence-electron chi connectivity index (χ0n) is 14.4. The number of halogens is 3. The van der Waals surface area contributed by atoms with Crippen LogP contribution in [0.1, 0.15) is 32.0 Å². The molecule has 0 bridgehead atoms. The average molecular weight is 348 g/mol. The van der Waals surface area contributed by atoms with Crippen molar-refractivity contribution in [2.75, 3.05) is 13.6 Å². The summed E-state index contributed by atoms with van der Waals surface area (Å²) in [6, 6.07) is 0. The van der Waals surface area contributed by atoms with Gasteiger partial charge in [0.1, 0.15) is 0 Å². The molecule has 0 aliphatic rings. The molecule has 0 aliphatic heterocycles. The Bertz CT molecular complexity index is 601. The van der Waals surface area contributed by atoms with E-state index in [0.29, 0.717) is 0 Å². The summed E-state index contributed by atoms with van der Waals surface area (Å²) >= 11 is 0. The number of nitrogens with one attached hydrogen (secondary N) is 3.